The molecule has 5 rings (SSSR count). The van der Waals surface area contributed by atoms with Gasteiger partial charge in [-0.2, -0.15) is 5.26 Å². The first-order valence-corrected chi connectivity index (χ1v) is 12.2. The van der Waals surface area contributed by atoms with Crippen molar-refractivity contribution in [3.8, 4) is 6.07 Å². The van der Waals surface area contributed by atoms with Crippen LogP contribution in [0.2, 0.25) is 0 Å². The summed E-state index contributed by atoms with van der Waals surface area (Å²) in [6.07, 6.45) is 2.15. The van der Waals surface area contributed by atoms with E-state index in [1.54, 1.807) is 29.3 Å². The molecule has 0 saturated carbocycles. The molecule has 37 heavy (non-hydrogen) atoms. The van der Waals surface area contributed by atoms with E-state index in [2.05, 4.69) is 29.1 Å². The third-order valence-electron chi connectivity index (χ3n) is 6.75. The number of benzene rings is 2. The maximum Gasteiger partial charge on any atom is 0.260 e. The fraction of sp³-hybridized carbons (Fsp3) is 0.286. The first-order valence-electron chi connectivity index (χ1n) is 12.2. The van der Waals surface area contributed by atoms with E-state index in [-0.39, 0.29) is 36.1 Å². The normalized spacial score (nSPS) is 18.6. The van der Waals surface area contributed by atoms with Crippen LogP contribution in [0.15, 0.2) is 60.8 Å². The van der Waals surface area contributed by atoms with Gasteiger partial charge in [-0.3, -0.25) is 19.9 Å². The largest absolute Gasteiger partial charge is 0.338 e. The molecule has 9 nitrogen and oxygen atoms in total. The highest BCUT2D eigenvalue weighted by Crippen LogP contribution is 2.35. The lowest BCUT2D eigenvalue weighted by Crippen LogP contribution is -2.45. The van der Waals surface area contributed by atoms with Crippen LogP contribution in [-0.2, 0) is 30.0 Å². The maximum absolute atomic E-state index is 13.8. The van der Waals surface area contributed by atoms with E-state index in [9.17, 15) is 9.59 Å². The van der Waals surface area contributed by atoms with Gasteiger partial charge in [0.2, 0.25) is 5.82 Å². The number of guanidine groups is 1. The second-order valence-corrected chi connectivity index (χ2v) is 9.87. The molecule has 0 bridgehead atoms. The lowest BCUT2D eigenvalue weighted by molar-refractivity contribution is -0.132. The first kappa shape index (κ1) is 24.1. The summed E-state index contributed by atoms with van der Waals surface area (Å²) in [5, 5.41) is 20.8. The third-order valence-corrected chi connectivity index (χ3v) is 6.75. The molecule has 1 saturated heterocycles. The van der Waals surface area contributed by atoms with Crippen LogP contribution in [0.5, 0.6) is 0 Å². The van der Waals surface area contributed by atoms with Gasteiger partial charge in [-0.1, -0.05) is 56.3 Å². The van der Waals surface area contributed by atoms with Crippen LogP contribution in [0.4, 0.5) is 0 Å². The maximum atomic E-state index is 13.8. The molecule has 2 aliphatic heterocycles. The van der Waals surface area contributed by atoms with Crippen LogP contribution in [-0.4, -0.2) is 37.5 Å². The molecular weight excluding hydrogens is 466 g/mol. The molecule has 1 unspecified atom stereocenters. The molecule has 2 N–H and O–H groups in total. The number of carbonyl (C=O) groups excluding carboxylic acids is 2. The van der Waals surface area contributed by atoms with Gasteiger partial charge in [-0.05, 0) is 35.6 Å². The fourth-order valence-corrected chi connectivity index (χ4v) is 5.11. The van der Waals surface area contributed by atoms with Crippen LogP contribution < -0.4 is 5.32 Å². The molecule has 2 aromatic carbocycles. The molecule has 1 fully saturated rings. The Morgan fingerprint density at radius 2 is 1.97 bits per heavy atom. The summed E-state index contributed by atoms with van der Waals surface area (Å²) in [4.78, 5) is 38.4. The molecule has 0 spiro atoms. The highest BCUT2D eigenvalue weighted by Gasteiger charge is 2.50. The molecule has 0 radical (unpaired) electrons. The van der Waals surface area contributed by atoms with E-state index in [0.29, 0.717) is 30.8 Å². The number of nitrogens with one attached hydrogen (secondary N) is 2. The monoisotopic (exact) mass is 493 g/mol. The van der Waals surface area contributed by atoms with Crippen molar-refractivity contribution in [3.63, 3.8) is 0 Å². The van der Waals surface area contributed by atoms with Crippen molar-refractivity contribution in [1.29, 1.82) is 10.7 Å². The second-order valence-electron chi connectivity index (χ2n) is 9.87. The van der Waals surface area contributed by atoms with Gasteiger partial charge in [0, 0.05) is 23.9 Å². The van der Waals surface area contributed by atoms with Crippen molar-refractivity contribution < 1.29 is 9.59 Å². The Hall–Kier alpha value is -4.58. The molecule has 186 valence electrons. The van der Waals surface area contributed by atoms with Crippen molar-refractivity contribution >= 4 is 17.8 Å². The Bertz CT molecular complexity index is 1430. The molecule has 3 heterocycles. The average molecular weight is 494 g/mol. The van der Waals surface area contributed by atoms with Gasteiger partial charge in [0.25, 0.3) is 11.8 Å². The number of aromatic nitrogens is 2. The molecule has 1 atom stereocenters. The average Bonchev–Trinajstić information content (AvgIpc) is 3.43. The Labute approximate surface area is 215 Å². The summed E-state index contributed by atoms with van der Waals surface area (Å²) in [6, 6.07) is 18.6. The Kier molecular flexibility index (Phi) is 6.17. The highest BCUT2D eigenvalue weighted by molar-refractivity contribution is 6.08. The van der Waals surface area contributed by atoms with Crippen LogP contribution in [0.3, 0.4) is 0 Å². The standard InChI is InChI=1S/C28H27N7O2/c1-18(2)12-28(22-9-4-3-5-10-22)26(37)35(27(30)33-28)15-19-7-6-8-20(11-19)25(36)34-16-21-14-31-24(13-29)32-23(21)17-34/h3-11,14,18H,12,15-17H2,1-2H3,(H2,30,33). The number of fused-ring (bicyclic) bond motifs is 1. The van der Waals surface area contributed by atoms with Crippen LogP contribution in [0.1, 0.15) is 58.8 Å². The summed E-state index contributed by atoms with van der Waals surface area (Å²) in [6.45, 7) is 4.98. The van der Waals surface area contributed by atoms with Gasteiger partial charge in [-0.25, -0.2) is 9.97 Å². The van der Waals surface area contributed by atoms with Gasteiger partial charge in [0.15, 0.2) is 5.96 Å². The minimum absolute atomic E-state index is 0.0492. The highest BCUT2D eigenvalue weighted by atomic mass is 16.2. The van der Waals surface area contributed by atoms with Crippen molar-refractivity contribution in [3.05, 3.63) is 94.6 Å². The summed E-state index contributed by atoms with van der Waals surface area (Å²) < 4.78 is 0. The lowest BCUT2D eigenvalue weighted by Gasteiger charge is -2.29. The summed E-state index contributed by atoms with van der Waals surface area (Å²) in [5.41, 5.74) is 2.59. The van der Waals surface area contributed by atoms with Gasteiger partial charge in [-0.15, -0.1) is 0 Å². The van der Waals surface area contributed by atoms with Gasteiger partial charge in [0.1, 0.15) is 11.6 Å². The quantitative estimate of drug-likeness (QED) is 0.543. The molecule has 0 aliphatic carbocycles. The van der Waals surface area contributed by atoms with Crippen LogP contribution in [0, 0.1) is 22.7 Å². The number of carbonyl (C=O) groups is 2. The minimum atomic E-state index is -0.995. The first-order chi connectivity index (χ1) is 17.8. The summed E-state index contributed by atoms with van der Waals surface area (Å²) in [5.74, 6) is 0.0242. The zero-order chi connectivity index (χ0) is 26.2. The number of nitrogens with zero attached hydrogens (tertiary/aromatic N) is 5. The van der Waals surface area contributed by atoms with E-state index >= 15 is 0 Å². The van der Waals surface area contributed by atoms with E-state index in [4.69, 9.17) is 10.7 Å². The van der Waals surface area contributed by atoms with Crippen molar-refractivity contribution in [2.45, 2.75) is 45.4 Å². The van der Waals surface area contributed by atoms with E-state index in [1.165, 1.54) is 4.90 Å². The number of hydrogen-bond acceptors (Lipinski definition) is 6. The summed E-state index contributed by atoms with van der Waals surface area (Å²) >= 11 is 0. The van der Waals surface area contributed by atoms with Gasteiger partial charge < -0.3 is 10.2 Å². The Morgan fingerprint density at radius 1 is 1.19 bits per heavy atom. The molecule has 2 aliphatic rings. The molecular formula is C28H27N7O2. The zero-order valence-corrected chi connectivity index (χ0v) is 20.7. The molecule has 2 amide bonds. The van der Waals surface area contributed by atoms with E-state index in [1.807, 2.05) is 42.5 Å². The van der Waals surface area contributed by atoms with Crippen LogP contribution in [0.25, 0.3) is 0 Å². The lowest BCUT2D eigenvalue weighted by atomic mass is 9.82. The zero-order valence-electron chi connectivity index (χ0n) is 20.7. The minimum Gasteiger partial charge on any atom is -0.338 e. The Balaban J connectivity index is 1.36. The number of hydrogen-bond donors (Lipinski definition) is 2. The van der Waals surface area contributed by atoms with Gasteiger partial charge >= 0.3 is 0 Å². The number of rotatable bonds is 6. The molecule has 3 aromatic rings. The van der Waals surface area contributed by atoms with Crippen molar-refractivity contribution in [2.24, 2.45) is 5.92 Å². The predicted octanol–water partition coefficient (Wildman–Crippen LogP) is 3.31. The second kappa shape index (κ2) is 9.47. The van der Waals surface area contributed by atoms with Crippen LogP contribution >= 0.6 is 0 Å². The predicted molar refractivity (Wildman–Crippen MR) is 136 cm³/mol. The smallest absolute Gasteiger partial charge is 0.260 e. The third kappa shape index (κ3) is 4.42. The number of amides is 2. The Morgan fingerprint density at radius 3 is 2.70 bits per heavy atom. The fourth-order valence-electron chi connectivity index (χ4n) is 5.11. The molecule has 1 aromatic heterocycles. The number of nitriles is 1. The molecule has 9 heteroatoms. The van der Waals surface area contributed by atoms with Crippen molar-refractivity contribution in [1.82, 2.24) is 25.1 Å². The van der Waals surface area contributed by atoms with Gasteiger partial charge in [0.05, 0.1) is 18.8 Å². The van der Waals surface area contributed by atoms with E-state index in [0.717, 1.165) is 16.7 Å². The topological polar surface area (TPSA) is 126 Å². The van der Waals surface area contributed by atoms with E-state index < -0.39 is 5.54 Å². The SMILES string of the molecule is CC(C)CC1(c2ccccc2)NC(=N)N(Cc2cccc(C(=O)N3Cc4cnc(C#N)nc4C3)c2)C1=O. The summed E-state index contributed by atoms with van der Waals surface area (Å²) in [7, 11) is 0. The van der Waals surface area contributed by atoms with Crippen molar-refractivity contribution in [2.75, 3.05) is 0 Å².